The molecular weight excluding hydrogens is 600 g/mol. The van der Waals surface area contributed by atoms with Crippen LogP contribution in [0.2, 0.25) is 0 Å². The zero-order valence-electron chi connectivity index (χ0n) is 27.9. The van der Waals surface area contributed by atoms with E-state index < -0.39 is 0 Å². The van der Waals surface area contributed by atoms with Crippen molar-refractivity contribution in [2.75, 3.05) is 14.2 Å². The van der Waals surface area contributed by atoms with Crippen molar-refractivity contribution in [3.05, 3.63) is 36.4 Å². The van der Waals surface area contributed by atoms with Crippen LogP contribution in [-0.4, -0.2) is 45.4 Å². The van der Waals surface area contributed by atoms with Gasteiger partial charge in [-0.15, -0.1) is 20.5 Å². The Morgan fingerprint density at radius 1 is 0.638 bits per heavy atom. The van der Waals surface area contributed by atoms with E-state index in [1.54, 1.807) is 35.5 Å². The maximum atomic E-state index is 12.5. The number of ether oxygens (including phenoxy) is 2. The minimum atomic E-state index is -0.353. The summed E-state index contributed by atoms with van der Waals surface area (Å²) in [6, 6.07) is 11.0. The van der Waals surface area contributed by atoms with Crippen molar-refractivity contribution in [1.29, 1.82) is 0 Å². The second kappa shape index (κ2) is 17.3. The second-order valence-corrected chi connectivity index (χ2v) is 11.6. The van der Waals surface area contributed by atoms with E-state index in [4.69, 9.17) is 9.47 Å². The fraction of sp³-hybridized carbons (Fsp3) is 0.486. The van der Waals surface area contributed by atoms with E-state index in [-0.39, 0.29) is 47.8 Å². The van der Waals surface area contributed by atoms with Crippen molar-refractivity contribution >= 4 is 45.0 Å². The Balaban J connectivity index is 1.23. The highest BCUT2D eigenvalue weighted by molar-refractivity contribution is 5.97. The van der Waals surface area contributed by atoms with Crippen LogP contribution in [0.25, 0.3) is 21.8 Å². The molecule has 252 valence electrons. The average Bonchev–Trinajstić information content (AvgIpc) is 3.50. The van der Waals surface area contributed by atoms with E-state index in [1.165, 1.54) is 0 Å². The quantitative estimate of drug-likeness (QED) is 0.0811. The molecule has 2 aromatic heterocycles. The summed E-state index contributed by atoms with van der Waals surface area (Å²) < 4.78 is 14.2. The number of aryl methyl sites for hydroxylation is 2. The number of hydrogen-bond donors (Lipinski definition) is 2. The Labute approximate surface area is 275 Å². The van der Waals surface area contributed by atoms with E-state index >= 15 is 0 Å². The van der Waals surface area contributed by atoms with Crippen LogP contribution in [0.1, 0.15) is 84.5 Å². The predicted octanol–water partition coefficient (Wildman–Crippen LogP) is 9.28. The highest BCUT2D eigenvalue weighted by Crippen LogP contribution is 2.42. The van der Waals surface area contributed by atoms with Gasteiger partial charge in [-0.3, -0.25) is 9.59 Å². The van der Waals surface area contributed by atoms with Crippen LogP contribution >= 0.6 is 0 Å². The number of carbonyl (C=O) groups is 2. The van der Waals surface area contributed by atoms with Gasteiger partial charge in [-0.2, -0.15) is 0 Å². The van der Waals surface area contributed by atoms with Gasteiger partial charge < -0.3 is 28.8 Å². The number of rotatable bonds is 18. The highest BCUT2D eigenvalue weighted by atomic mass is 16.5. The summed E-state index contributed by atoms with van der Waals surface area (Å²) in [7, 11) is 3.15. The third kappa shape index (κ3) is 8.75. The minimum absolute atomic E-state index is 0.0110. The van der Waals surface area contributed by atoms with Gasteiger partial charge in [-0.05, 0) is 62.1 Å². The lowest BCUT2D eigenvalue weighted by Gasteiger charge is -2.05. The minimum Gasteiger partial charge on any atom is -0.497 e. The van der Waals surface area contributed by atoms with E-state index in [2.05, 4.69) is 34.3 Å². The standard InChI is InChI=1S/C35H46N6O6/c1-5-7-20-40-28-18-16-24(46-3)22-26(28)32(34(40)44)38-36-30(42)14-12-10-9-11-13-15-31(43)37-39-33-27-23-25(47-4)17-19-29(27)41(35(33)45)21-8-6-2/h16-19,22-23,44-45H,5-15,20-21H2,1-4H3. The fourth-order valence-electron chi connectivity index (χ4n) is 5.54. The van der Waals surface area contributed by atoms with Crippen molar-refractivity contribution in [2.24, 2.45) is 20.5 Å². The summed E-state index contributed by atoms with van der Waals surface area (Å²) in [6.45, 7) is 5.43. The Hall–Kier alpha value is -4.74. The lowest BCUT2D eigenvalue weighted by molar-refractivity contribution is -0.119. The molecule has 0 aliphatic carbocycles. The topological polar surface area (TPSA) is 152 Å². The van der Waals surface area contributed by atoms with Crippen LogP contribution in [0.3, 0.4) is 0 Å². The van der Waals surface area contributed by atoms with Crippen LogP contribution < -0.4 is 9.47 Å². The molecule has 4 aromatic rings. The molecule has 2 amide bonds. The summed E-state index contributed by atoms with van der Waals surface area (Å²) in [5, 5.41) is 39.1. The Bertz CT molecular complexity index is 1610. The monoisotopic (exact) mass is 646 g/mol. The third-order valence-corrected chi connectivity index (χ3v) is 8.21. The molecule has 0 fully saturated rings. The zero-order chi connectivity index (χ0) is 33.8. The molecule has 0 saturated carbocycles. The third-order valence-electron chi connectivity index (χ3n) is 8.21. The van der Waals surface area contributed by atoms with Gasteiger partial charge in [0.1, 0.15) is 11.5 Å². The van der Waals surface area contributed by atoms with Crippen molar-refractivity contribution in [3.8, 4) is 23.3 Å². The molecule has 0 aliphatic rings. The number of unbranched alkanes of at least 4 members (excludes halogenated alkanes) is 6. The first-order valence-electron chi connectivity index (χ1n) is 16.5. The molecule has 47 heavy (non-hydrogen) atoms. The number of amides is 2. The molecule has 12 heteroatoms. The maximum Gasteiger partial charge on any atom is 0.264 e. The SMILES string of the molecule is CCCCn1c(O)c(N=NC(=O)CCCCCCCC(=O)N=Nc2c(O)n(CCCC)c3ccc(OC)cc23)c2cc(OC)ccc21. The Morgan fingerprint density at radius 2 is 1.04 bits per heavy atom. The van der Waals surface area contributed by atoms with Gasteiger partial charge in [0.25, 0.3) is 11.8 Å². The van der Waals surface area contributed by atoms with Gasteiger partial charge >= 0.3 is 0 Å². The van der Waals surface area contributed by atoms with E-state index in [0.29, 0.717) is 48.2 Å². The molecule has 0 radical (unpaired) electrons. The number of benzene rings is 2. The first-order chi connectivity index (χ1) is 22.8. The number of carbonyl (C=O) groups excluding carboxylic acids is 2. The molecule has 0 bridgehead atoms. The van der Waals surface area contributed by atoms with Gasteiger partial charge in [0, 0.05) is 36.7 Å². The van der Waals surface area contributed by atoms with Gasteiger partial charge in [0.2, 0.25) is 11.8 Å². The number of nitrogens with zero attached hydrogens (tertiary/aromatic N) is 6. The van der Waals surface area contributed by atoms with E-state index in [9.17, 15) is 19.8 Å². The lowest BCUT2D eigenvalue weighted by atomic mass is 10.1. The van der Waals surface area contributed by atoms with Crippen molar-refractivity contribution in [2.45, 2.75) is 97.6 Å². The first-order valence-corrected chi connectivity index (χ1v) is 16.5. The number of methoxy groups -OCH3 is 2. The van der Waals surface area contributed by atoms with Crippen LogP contribution in [0.5, 0.6) is 23.3 Å². The maximum absolute atomic E-state index is 12.5. The number of fused-ring (bicyclic) bond motifs is 2. The van der Waals surface area contributed by atoms with Gasteiger partial charge in [-0.1, -0.05) is 46.0 Å². The molecule has 4 rings (SSSR count). The molecule has 0 unspecified atom stereocenters. The number of aromatic hydroxyl groups is 2. The van der Waals surface area contributed by atoms with Crippen molar-refractivity contribution in [1.82, 2.24) is 9.13 Å². The highest BCUT2D eigenvalue weighted by Gasteiger charge is 2.19. The molecule has 0 spiro atoms. The number of azo groups is 2. The zero-order valence-corrected chi connectivity index (χ0v) is 27.9. The molecule has 12 nitrogen and oxygen atoms in total. The summed E-state index contributed by atoms with van der Waals surface area (Å²) in [6.07, 6.45) is 7.98. The van der Waals surface area contributed by atoms with Crippen LogP contribution in [0.15, 0.2) is 56.9 Å². The summed E-state index contributed by atoms with van der Waals surface area (Å²) >= 11 is 0. The average molecular weight is 647 g/mol. The molecule has 0 saturated heterocycles. The number of aromatic nitrogens is 2. The Kier molecular flexibility index (Phi) is 12.9. The fourth-order valence-corrected chi connectivity index (χ4v) is 5.54. The molecular formula is C35H46N6O6. The van der Waals surface area contributed by atoms with Crippen LogP contribution in [0.4, 0.5) is 11.4 Å². The van der Waals surface area contributed by atoms with E-state index in [1.807, 2.05) is 24.3 Å². The lowest BCUT2D eigenvalue weighted by Crippen LogP contribution is -1.96. The normalized spacial score (nSPS) is 11.8. The Morgan fingerprint density at radius 3 is 1.43 bits per heavy atom. The summed E-state index contributed by atoms with van der Waals surface area (Å²) in [5.41, 5.74) is 2.16. The molecule has 2 N–H and O–H groups in total. The van der Waals surface area contributed by atoms with Crippen molar-refractivity contribution in [3.63, 3.8) is 0 Å². The first kappa shape index (κ1) is 35.1. The summed E-state index contributed by atoms with van der Waals surface area (Å²) in [5.74, 6) is 0.531. The van der Waals surface area contributed by atoms with Crippen molar-refractivity contribution < 1.29 is 29.3 Å². The largest absolute Gasteiger partial charge is 0.497 e. The molecule has 0 atom stereocenters. The summed E-state index contributed by atoms with van der Waals surface area (Å²) in [4.78, 5) is 24.9. The molecule has 0 aliphatic heterocycles. The van der Waals surface area contributed by atoms with Gasteiger partial charge in [0.15, 0.2) is 11.4 Å². The second-order valence-electron chi connectivity index (χ2n) is 11.6. The predicted molar refractivity (Wildman–Crippen MR) is 181 cm³/mol. The smallest absolute Gasteiger partial charge is 0.264 e. The van der Waals surface area contributed by atoms with Gasteiger partial charge in [-0.25, -0.2) is 0 Å². The van der Waals surface area contributed by atoms with Crippen LogP contribution in [0, 0.1) is 0 Å². The molecule has 2 aromatic carbocycles. The number of hydrogen-bond acceptors (Lipinski definition) is 8. The van der Waals surface area contributed by atoms with Crippen LogP contribution in [-0.2, 0) is 22.7 Å². The van der Waals surface area contributed by atoms with E-state index in [0.717, 1.165) is 56.0 Å². The van der Waals surface area contributed by atoms with Gasteiger partial charge in [0.05, 0.1) is 25.3 Å². The molecule has 2 heterocycles.